The molecule has 36 nitrogen and oxygen atoms in total. The Kier molecular flexibility index (Phi) is 25.6. The summed E-state index contributed by atoms with van der Waals surface area (Å²) in [6, 6.07) is 28.0. The quantitative estimate of drug-likeness (QED) is 0.00669. The van der Waals surface area contributed by atoms with Crippen molar-refractivity contribution in [2.45, 2.75) is 94.9 Å². The Morgan fingerprint density at radius 3 is 1.93 bits per heavy atom. The second kappa shape index (κ2) is 35.4. The van der Waals surface area contributed by atoms with Crippen LogP contribution in [0.1, 0.15) is 130 Å². The summed E-state index contributed by atoms with van der Waals surface area (Å²) in [5, 5.41) is 45.7. The van der Waals surface area contributed by atoms with E-state index in [1.54, 1.807) is 12.1 Å². The van der Waals surface area contributed by atoms with Crippen LogP contribution in [-0.4, -0.2) is 175 Å². The maximum atomic E-state index is 14.8. The number of phosphoric ester groups is 1. The standard InChI is InChI=1S/C78H82N11O25P3/c1-86(2)47-17-24-54-60(38-47)111-61-39-48(87(3)4)18-25-55(61)68(54)52-22-15-44(36-58(52)74(96)97)72(94)85-78(29-34-88(35-30-78)73(95)45-16-23-53(59(37-45)75(98)99)69-56-26-19-49(90)40-62(56)112-63-41-50(91)20-27-57(63)69)76(100)82-32-10-6-8-13-64(92)80-31-9-5-7-14-65(93)81-33-11-12-46-42-89(71-67(46)70(79)83-77(101)84-71)66-28-21-51(110-66)43-109-116(105,106)114-117(107,108)113-115(102,103)104/h15-20,22-27,36-42,51,66H,5-10,13-14,21,28-35,43H2,1-4H3,(H13-,79,80,81,82,83,84,85,90,91,92,93,94,96,97,98,99,100,101,102,103,104,105,106,107,108)/p+1. The van der Waals surface area contributed by atoms with Crippen LogP contribution in [0.4, 0.5) is 11.5 Å². The van der Waals surface area contributed by atoms with Gasteiger partial charge in [0.25, 0.3) is 11.8 Å². The summed E-state index contributed by atoms with van der Waals surface area (Å²) < 4.78 is 69.0. The number of carboxylic acids is 2. The highest BCUT2D eigenvalue weighted by Crippen LogP contribution is 2.66. The Morgan fingerprint density at radius 2 is 1.29 bits per heavy atom. The van der Waals surface area contributed by atoms with Crippen LogP contribution in [0.15, 0.2) is 134 Å². The smallest absolute Gasteiger partial charge is 0.490 e. The van der Waals surface area contributed by atoms with Crippen molar-refractivity contribution in [1.82, 2.24) is 45.3 Å². The number of phosphoric acid groups is 3. The number of phenols is 1. The number of ether oxygens (including phenoxy) is 1. The van der Waals surface area contributed by atoms with Crippen molar-refractivity contribution in [1.29, 1.82) is 0 Å². The highest BCUT2D eigenvalue weighted by Gasteiger charge is 2.45. The number of carboxylic acid groups (broad SMARTS) is 2. The third-order valence-corrected chi connectivity index (χ3v) is 23.8. The normalized spacial score (nSPS) is 15.8. The number of nitrogen functional groups attached to an aromatic ring is 1. The van der Waals surface area contributed by atoms with Gasteiger partial charge < -0.3 is 89.8 Å². The maximum Gasteiger partial charge on any atom is 0.490 e. The number of hydrogen-bond acceptors (Lipinski definition) is 22. The molecule has 117 heavy (non-hydrogen) atoms. The molecule has 2 aliphatic carbocycles. The molecule has 5 amide bonds. The molecule has 2 fully saturated rings. The zero-order chi connectivity index (χ0) is 84.0. The van der Waals surface area contributed by atoms with Crippen LogP contribution in [-0.2, 0) is 46.0 Å². The van der Waals surface area contributed by atoms with Crippen LogP contribution in [0.3, 0.4) is 0 Å². The fraction of sp³-hybridized carbons (Fsp3) is 0.321. The molecular weight excluding hydrogens is 1580 g/mol. The van der Waals surface area contributed by atoms with Gasteiger partial charge >= 0.3 is 41.1 Å². The molecular formula is C78H83N11O25P3+. The number of benzene rings is 6. The molecule has 4 unspecified atom stereocenters. The minimum atomic E-state index is -5.75. The Morgan fingerprint density at radius 1 is 0.692 bits per heavy atom. The van der Waals surface area contributed by atoms with Crippen molar-refractivity contribution < 1.29 is 109 Å². The monoisotopic (exact) mass is 1670 g/mol. The van der Waals surface area contributed by atoms with Gasteiger partial charge in [-0.1, -0.05) is 36.8 Å². The Bertz CT molecular complexity index is 5970. The van der Waals surface area contributed by atoms with Crippen LogP contribution in [0.25, 0.3) is 77.9 Å². The van der Waals surface area contributed by atoms with Crippen molar-refractivity contribution in [2.24, 2.45) is 0 Å². The minimum Gasteiger partial charge on any atom is -0.508 e. The third-order valence-electron chi connectivity index (χ3n) is 20.0. The van der Waals surface area contributed by atoms with E-state index in [4.69, 9.17) is 33.6 Å². The van der Waals surface area contributed by atoms with Crippen LogP contribution in [0.5, 0.6) is 5.75 Å². The molecule has 2 saturated heterocycles. The average molecular weight is 1670 g/mol. The number of aromatic nitrogens is 3. The van der Waals surface area contributed by atoms with E-state index in [0.29, 0.717) is 95.0 Å². The maximum absolute atomic E-state index is 14.8. The highest BCUT2D eigenvalue weighted by molar-refractivity contribution is 7.66. The number of H-pyrrole nitrogens is 1. The van der Waals surface area contributed by atoms with Crippen LogP contribution in [0, 0.1) is 11.8 Å². The van der Waals surface area contributed by atoms with E-state index in [1.807, 2.05) is 74.1 Å². The molecule has 0 radical (unpaired) electrons. The molecule has 0 spiro atoms. The summed E-state index contributed by atoms with van der Waals surface area (Å²) >= 11 is 0. The number of amides is 5. The second-order valence-electron chi connectivity index (χ2n) is 28.5. The molecule has 12 rings (SSSR count). The lowest BCUT2D eigenvalue weighted by molar-refractivity contribution is -0.129. The number of aromatic amines is 1. The first-order valence-electron chi connectivity index (χ1n) is 36.9. The lowest BCUT2D eigenvalue weighted by Gasteiger charge is -2.41. The summed E-state index contributed by atoms with van der Waals surface area (Å²) in [7, 11) is -9.25. The van der Waals surface area contributed by atoms with Gasteiger partial charge in [-0.3, -0.25) is 38.3 Å². The van der Waals surface area contributed by atoms with Gasteiger partial charge in [0.05, 0.1) is 47.4 Å². The lowest BCUT2D eigenvalue weighted by Crippen LogP contribution is -2.63. The molecule has 4 aromatic carbocycles. The molecule has 2 aromatic heterocycles. The number of hydrogen-bond donors (Lipinski definition) is 13. The molecule has 6 aliphatic rings. The fourth-order valence-corrected chi connectivity index (χ4v) is 17.3. The lowest BCUT2D eigenvalue weighted by atomic mass is 9.85. The van der Waals surface area contributed by atoms with Crippen molar-refractivity contribution >= 4 is 109 Å². The Labute approximate surface area is 665 Å². The summed E-state index contributed by atoms with van der Waals surface area (Å²) in [4.78, 5) is 168. The number of rotatable bonds is 30. The molecule has 14 N–H and O–H groups in total. The molecule has 4 atom stereocenters. The second-order valence-corrected chi connectivity index (χ2v) is 32.9. The van der Waals surface area contributed by atoms with E-state index in [9.17, 15) is 82.0 Å². The van der Waals surface area contributed by atoms with E-state index in [1.165, 1.54) is 76.3 Å². The van der Waals surface area contributed by atoms with Gasteiger partial charge in [-0.05, 0) is 129 Å². The number of phenolic OH excluding ortho intramolecular Hbond substituents is 1. The van der Waals surface area contributed by atoms with E-state index in [-0.39, 0.29) is 149 Å². The SMILES string of the molecule is CN(C)c1ccc2c(-c3ccc(C(=O)NC4(C(=O)NCCCCCC(=O)NCCCCCC(=O)NCC#Cc5cn(C6CCC(COP(=O)(O)OP(=O)(O)OP(=O)(O)O)O6)c6[nH]c(=O)nc(N)c56)CCN(C(=O)c5ccc(-c6c7ccc(=O)cc-7oc7cc(O)ccc67)c(C(=O)O)c5)CC4)cc3C(=O)O)c3ccc(=[N+](C)C)cc-3oc2c1. The number of aromatic carboxylic acids is 2. The predicted molar refractivity (Wildman–Crippen MR) is 426 cm³/mol. The van der Waals surface area contributed by atoms with Crippen LogP contribution >= 0.6 is 23.5 Å². The molecule has 0 bridgehead atoms. The molecule has 6 aromatic rings. The number of anilines is 2. The topological polar surface area (TPSA) is 527 Å². The van der Waals surface area contributed by atoms with Gasteiger partial charge in [0.15, 0.2) is 5.43 Å². The van der Waals surface area contributed by atoms with Gasteiger partial charge in [0.2, 0.25) is 23.1 Å². The highest BCUT2D eigenvalue weighted by atomic mass is 31.3. The van der Waals surface area contributed by atoms with Gasteiger partial charge in [0, 0.05) is 133 Å². The largest absolute Gasteiger partial charge is 0.508 e. The fourth-order valence-electron chi connectivity index (χ4n) is 14.2. The average Bonchev–Trinajstić information content (AvgIpc) is 1.72. The van der Waals surface area contributed by atoms with E-state index in [2.05, 4.69) is 51.7 Å². The van der Waals surface area contributed by atoms with Crippen molar-refractivity contribution in [3.63, 3.8) is 0 Å². The first-order valence-corrected chi connectivity index (χ1v) is 41.5. The summed E-state index contributed by atoms with van der Waals surface area (Å²) in [6.07, 6.45) is 3.21. The molecule has 0 saturated carbocycles. The third kappa shape index (κ3) is 20.1. The van der Waals surface area contributed by atoms with Crippen LogP contribution in [0.2, 0.25) is 0 Å². The number of nitrogens with zero attached hydrogens (tertiary/aromatic N) is 5. The first-order chi connectivity index (χ1) is 55.5. The first kappa shape index (κ1) is 84.7. The molecule has 614 valence electrons. The number of piperidine rings is 1. The summed E-state index contributed by atoms with van der Waals surface area (Å²) in [6.45, 7) is -0.545. The Hall–Kier alpha value is -11.7. The Balaban J connectivity index is 0.651. The van der Waals surface area contributed by atoms with Crippen molar-refractivity contribution in [3.05, 3.63) is 169 Å². The number of nitrogens with two attached hydrogens (primary N) is 1. The summed E-state index contributed by atoms with van der Waals surface area (Å²) in [5.41, 5.74) is 7.04. The number of carbonyl (C=O) groups is 7. The number of fused-ring (bicyclic) bond motifs is 5. The number of unbranched alkanes of at least 4 members (excludes halogenated alkanes) is 4. The number of likely N-dealkylation sites (tertiary alicyclic amines) is 1. The van der Waals surface area contributed by atoms with Crippen LogP contribution < -0.4 is 53.0 Å². The van der Waals surface area contributed by atoms with Gasteiger partial charge in [-0.15, -0.1) is 0 Å². The van der Waals surface area contributed by atoms with Crippen molar-refractivity contribution in [2.75, 3.05) is 78.2 Å². The van der Waals surface area contributed by atoms with E-state index < -0.39 is 83.3 Å². The van der Waals surface area contributed by atoms with E-state index in [0.717, 1.165) is 11.0 Å². The molecule has 39 heteroatoms. The zero-order valence-corrected chi connectivity index (χ0v) is 66.2. The van der Waals surface area contributed by atoms with Gasteiger partial charge in [-0.2, -0.15) is 13.6 Å². The van der Waals surface area contributed by atoms with Gasteiger partial charge in [-0.25, -0.2) is 32.7 Å². The number of aromatic hydroxyl groups is 1. The molecule has 6 heterocycles. The summed E-state index contributed by atoms with van der Waals surface area (Å²) in [5.74, 6) is 0.870. The van der Waals surface area contributed by atoms with Gasteiger partial charge in [0.1, 0.15) is 65.8 Å². The zero-order valence-electron chi connectivity index (χ0n) is 63.5. The number of carbonyl (C=O) groups excluding carboxylic acids is 5. The minimum absolute atomic E-state index is 0.00623. The molecule has 4 aliphatic heterocycles. The van der Waals surface area contributed by atoms with Crippen molar-refractivity contribution in [3.8, 4) is 62.5 Å². The number of nitrogens with one attached hydrogen (secondary N) is 5. The van der Waals surface area contributed by atoms with E-state index >= 15 is 0 Å². The predicted octanol–water partition coefficient (Wildman–Crippen LogP) is 7.85.